The van der Waals surface area contributed by atoms with Crippen LogP contribution in [0.1, 0.15) is 39.2 Å². The number of nitrogens with zero attached hydrogens (tertiary/aromatic N) is 1. The maximum atomic E-state index is 11.4. The third kappa shape index (κ3) is 3.69. The van der Waals surface area contributed by atoms with Crippen LogP contribution in [-0.4, -0.2) is 20.8 Å². The molecule has 0 saturated carbocycles. The Morgan fingerprint density at radius 3 is 2.36 bits per heavy atom. The molecule has 0 bridgehead atoms. The highest BCUT2D eigenvalue weighted by Crippen LogP contribution is 2.38. The Kier molecular flexibility index (Phi) is 4.91. The number of carboxylic acid groups (broad SMARTS) is 1. The Morgan fingerprint density at radius 2 is 1.82 bits per heavy atom. The van der Waals surface area contributed by atoms with E-state index in [9.17, 15) is 9.90 Å². The van der Waals surface area contributed by atoms with Gasteiger partial charge in [-0.05, 0) is 37.0 Å². The lowest BCUT2D eigenvalue weighted by atomic mass is 9.99. The van der Waals surface area contributed by atoms with Crippen LogP contribution in [0.2, 0.25) is 0 Å². The molecule has 4 heteroatoms. The first-order valence-corrected chi connectivity index (χ1v) is 8.09. The number of aliphatic carboxylic acids is 1. The first-order valence-electron chi connectivity index (χ1n) is 7.28. The quantitative estimate of drug-likeness (QED) is 0.803. The highest BCUT2D eigenvalue weighted by Gasteiger charge is 2.29. The van der Waals surface area contributed by atoms with E-state index in [0.717, 1.165) is 16.0 Å². The predicted octanol–water partition coefficient (Wildman–Crippen LogP) is 4.83. The molecular weight excluding hydrogens is 294 g/mol. The van der Waals surface area contributed by atoms with E-state index in [1.807, 2.05) is 6.07 Å². The van der Waals surface area contributed by atoms with Crippen molar-refractivity contribution in [2.24, 2.45) is 0 Å². The molecule has 116 valence electrons. The van der Waals surface area contributed by atoms with E-state index >= 15 is 0 Å². The minimum absolute atomic E-state index is 0.489. The molecule has 1 aromatic heterocycles. The topological polar surface area (TPSA) is 50.2 Å². The van der Waals surface area contributed by atoms with Gasteiger partial charge in [-0.25, -0.2) is 0 Å². The van der Waals surface area contributed by atoms with E-state index in [-0.39, 0.29) is 0 Å². The maximum absolute atomic E-state index is 11.4. The van der Waals surface area contributed by atoms with Crippen molar-refractivity contribution < 1.29 is 9.90 Å². The summed E-state index contributed by atoms with van der Waals surface area (Å²) < 4.78 is -0.881. The first-order chi connectivity index (χ1) is 10.3. The zero-order valence-electron chi connectivity index (χ0n) is 13.3. The second kappa shape index (κ2) is 6.53. The van der Waals surface area contributed by atoms with Crippen molar-refractivity contribution in [1.29, 1.82) is 0 Å². The lowest BCUT2D eigenvalue weighted by molar-refractivity contribution is -0.138. The van der Waals surface area contributed by atoms with Gasteiger partial charge in [-0.1, -0.05) is 38.1 Å². The van der Waals surface area contributed by atoms with Gasteiger partial charge >= 0.3 is 5.97 Å². The number of carbonyl (C=O) groups is 1. The van der Waals surface area contributed by atoms with Crippen molar-refractivity contribution in [3.8, 4) is 11.1 Å². The van der Waals surface area contributed by atoms with Crippen molar-refractivity contribution in [2.75, 3.05) is 0 Å². The molecule has 22 heavy (non-hydrogen) atoms. The van der Waals surface area contributed by atoms with Crippen molar-refractivity contribution in [1.82, 2.24) is 4.98 Å². The van der Waals surface area contributed by atoms with Gasteiger partial charge in [-0.15, -0.1) is 11.8 Å². The van der Waals surface area contributed by atoms with Crippen molar-refractivity contribution in [2.45, 2.75) is 43.3 Å². The van der Waals surface area contributed by atoms with E-state index < -0.39 is 10.7 Å². The van der Waals surface area contributed by atoms with Gasteiger partial charge in [0, 0.05) is 22.9 Å². The summed E-state index contributed by atoms with van der Waals surface area (Å²) in [6.45, 7) is 7.75. The molecule has 0 saturated heterocycles. The summed E-state index contributed by atoms with van der Waals surface area (Å²) in [6, 6.07) is 10.3. The van der Waals surface area contributed by atoms with Gasteiger partial charge in [0.2, 0.25) is 0 Å². The van der Waals surface area contributed by atoms with E-state index in [2.05, 4.69) is 43.1 Å². The Hall–Kier alpha value is -1.81. The summed E-state index contributed by atoms with van der Waals surface area (Å²) in [5.41, 5.74) is 3.31. The van der Waals surface area contributed by atoms with Gasteiger partial charge < -0.3 is 5.11 Å². The summed E-state index contributed by atoms with van der Waals surface area (Å²) >= 11 is 1.35. The van der Waals surface area contributed by atoms with Gasteiger partial charge in [-0.3, -0.25) is 9.78 Å². The van der Waals surface area contributed by atoms with E-state index in [1.165, 1.54) is 17.3 Å². The number of benzene rings is 1. The average molecular weight is 315 g/mol. The Morgan fingerprint density at radius 1 is 1.18 bits per heavy atom. The first kappa shape index (κ1) is 16.6. The molecule has 0 radical (unpaired) electrons. The SMILES string of the molecule is CC(C)c1ccc(-c2cnccc2SC(C)(C)C(=O)O)cc1. The highest BCUT2D eigenvalue weighted by molar-refractivity contribution is 8.01. The molecule has 1 N–H and O–H groups in total. The van der Waals surface area contributed by atoms with Gasteiger partial charge in [0.15, 0.2) is 0 Å². The molecule has 3 nitrogen and oxygen atoms in total. The average Bonchev–Trinajstić information content (AvgIpc) is 2.47. The molecule has 0 atom stereocenters. The van der Waals surface area contributed by atoms with Crippen LogP contribution in [-0.2, 0) is 4.79 Å². The highest BCUT2D eigenvalue weighted by atomic mass is 32.2. The van der Waals surface area contributed by atoms with E-state index in [0.29, 0.717) is 5.92 Å². The molecule has 2 rings (SSSR count). The van der Waals surface area contributed by atoms with Crippen LogP contribution in [0.15, 0.2) is 47.6 Å². The second-order valence-electron chi connectivity index (χ2n) is 6.07. The van der Waals surface area contributed by atoms with E-state index in [1.54, 1.807) is 26.2 Å². The number of hydrogen-bond donors (Lipinski definition) is 1. The Bertz CT molecular complexity index is 663. The third-order valence-corrected chi connectivity index (χ3v) is 4.81. The van der Waals surface area contributed by atoms with Crippen LogP contribution >= 0.6 is 11.8 Å². The molecule has 0 unspecified atom stereocenters. The largest absolute Gasteiger partial charge is 0.480 e. The van der Waals surface area contributed by atoms with Crippen LogP contribution in [0, 0.1) is 0 Å². The summed E-state index contributed by atoms with van der Waals surface area (Å²) in [4.78, 5) is 16.5. The minimum Gasteiger partial charge on any atom is -0.480 e. The smallest absolute Gasteiger partial charge is 0.319 e. The minimum atomic E-state index is -0.881. The van der Waals surface area contributed by atoms with Crippen LogP contribution in [0.4, 0.5) is 0 Å². The second-order valence-corrected chi connectivity index (χ2v) is 7.73. The van der Waals surface area contributed by atoms with Gasteiger partial charge in [0.1, 0.15) is 4.75 Å². The zero-order chi connectivity index (χ0) is 16.3. The molecule has 0 spiro atoms. The zero-order valence-corrected chi connectivity index (χ0v) is 14.1. The monoisotopic (exact) mass is 315 g/mol. The fraction of sp³-hybridized carbons (Fsp3) is 0.333. The van der Waals surface area contributed by atoms with Crippen LogP contribution in [0.25, 0.3) is 11.1 Å². The number of pyridine rings is 1. The van der Waals surface area contributed by atoms with Crippen LogP contribution in [0.5, 0.6) is 0 Å². The van der Waals surface area contributed by atoms with Gasteiger partial charge in [-0.2, -0.15) is 0 Å². The lowest BCUT2D eigenvalue weighted by Gasteiger charge is -2.20. The number of thioether (sulfide) groups is 1. The Labute approximate surface area is 135 Å². The number of hydrogen-bond acceptors (Lipinski definition) is 3. The fourth-order valence-electron chi connectivity index (χ4n) is 2.05. The molecule has 2 aromatic rings. The molecule has 1 aromatic carbocycles. The number of aromatic nitrogens is 1. The summed E-state index contributed by atoms with van der Waals surface area (Å²) in [5.74, 6) is -0.335. The van der Waals surface area contributed by atoms with Crippen molar-refractivity contribution in [3.63, 3.8) is 0 Å². The van der Waals surface area contributed by atoms with Crippen molar-refractivity contribution >= 4 is 17.7 Å². The standard InChI is InChI=1S/C18H21NO2S/c1-12(2)13-5-7-14(8-6-13)15-11-19-10-9-16(15)22-18(3,4)17(20)21/h5-12H,1-4H3,(H,20,21). The van der Waals surface area contributed by atoms with Crippen LogP contribution < -0.4 is 0 Å². The number of rotatable bonds is 5. The normalized spacial score (nSPS) is 11.7. The third-order valence-electron chi connectivity index (χ3n) is 3.55. The maximum Gasteiger partial charge on any atom is 0.319 e. The molecule has 0 aliphatic rings. The van der Waals surface area contributed by atoms with E-state index in [4.69, 9.17) is 0 Å². The number of carboxylic acids is 1. The molecule has 0 fully saturated rings. The van der Waals surface area contributed by atoms with Gasteiger partial charge in [0.25, 0.3) is 0 Å². The fourth-order valence-corrected chi connectivity index (χ4v) is 3.10. The predicted molar refractivity (Wildman–Crippen MR) is 91.3 cm³/mol. The van der Waals surface area contributed by atoms with Crippen LogP contribution in [0.3, 0.4) is 0 Å². The molecule has 0 aliphatic heterocycles. The molecule has 1 heterocycles. The molecule has 0 amide bonds. The van der Waals surface area contributed by atoms with Crippen molar-refractivity contribution in [3.05, 3.63) is 48.3 Å². The summed E-state index contributed by atoms with van der Waals surface area (Å²) in [7, 11) is 0. The summed E-state index contributed by atoms with van der Waals surface area (Å²) in [5, 5.41) is 9.33. The summed E-state index contributed by atoms with van der Waals surface area (Å²) in [6.07, 6.45) is 3.50. The molecular formula is C18H21NO2S. The molecule has 0 aliphatic carbocycles. The van der Waals surface area contributed by atoms with Gasteiger partial charge in [0.05, 0.1) is 0 Å². The lowest BCUT2D eigenvalue weighted by Crippen LogP contribution is -2.27. The Balaban J connectivity index is 2.38.